The molecule has 1 aromatic carbocycles. The Morgan fingerprint density at radius 1 is 1.28 bits per heavy atom. The second-order valence-corrected chi connectivity index (χ2v) is 5.03. The summed E-state index contributed by atoms with van der Waals surface area (Å²) in [6.45, 7) is 3.92. The second kappa shape index (κ2) is 4.94. The molecule has 96 valence electrons. The molecule has 0 saturated carbocycles. The van der Waals surface area contributed by atoms with Gasteiger partial charge < -0.3 is 5.11 Å². The van der Waals surface area contributed by atoms with Gasteiger partial charge in [0.1, 0.15) is 0 Å². The van der Waals surface area contributed by atoms with Crippen molar-refractivity contribution in [1.29, 1.82) is 0 Å². The lowest BCUT2D eigenvalue weighted by Gasteiger charge is -2.25. The number of hydrogen-bond acceptors (Lipinski definition) is 2. The summed E-state index contributed by atoms with van der Waals surface area (Å²) in [5.74, 6) is 0. The van der Waals surface area contributed by atoms with Gasteiger partial charge in [-0.15, -0.1) is 0 Å². The van der Waals surface area contributed by atoms with E-state index in [1.165, 1.54) is 0 Å². The Morgan fingerprint density at radius 3 is 2.61 bits per heavy atom. The molecule has 0 aliphatic rings. The summed E-state index contributed by atoms with van der Waals surface area (Å²) in [6, 6.07) is 10.00. The van der Waals surface area contributed by atoms with Crippen molar-refractivity contribution in [2.24, 2.45) is 7.05 Å². The maximum Gasteiger partial charge on any atom is 0.0874 e. The topological polar surface area (TPSA) is 38.1 Å². The summed E-state index contributed by atoms with van der Waals surface area (Å²) in [5, 5.41) is 14.8. The van der Waals surface area contributed by atoms with Gasteiger partial charge in [-0.2, -0.15) is 5.10 Å². The summed E-state index contributed by atoms with van der Waals surface area (Å²) in [7, 11) is 1.93. The molecule has 1 atom stereocenters. The molecular weight excluding hydrogens is 224 g/mol. The van der Waals surface area contributed by atoms with Crippen molar-refractivity contribution in [2.45, 2.75) is 32.3 Å². The van der Waals surface area contributed by atoms with E-state index in [1.54, 1.807) is 6.20 Å². The first-order chi connectivity index (χ1) is 8.50. The fourth-order valence-electron chi connectivity index (χ4n) is 2.33. The predicted octanol–water partition coefficient (Wildman–Crippen LogP) is 2.57. The van der Waals surface area contributed by atoms with E-state index in [9.17, 15) is 5.11 Å². The van der Waals surface area contributed by atoms with Gasteiger partial charge >= 0.3 is 0 Å². The SMILES string of the molecule is Cc1ccccc1C(C)(O)CCc1ccnn1C. The molecule has 2 rings (SSSR count). The third-order valence-electron chi connectivity index (χ3n) is 3.52. The molecule has 0 aliphatic carbocycles. The van der Waals surface area contributed by atoms with Crippen LogP contribution in [0.4, 0.5) is 0 Å². The number of aryl methyl sites for hydroxylation is 3. The van der Waals surface area contributed by atoms with E-state index in [-0.39, 0.29) is 0 Å². The Balaban J connectivity index is 2.13. The fraction of sp³-hybridized carbons (Fsp3) is 0.400. The van der Waals surface area contributed by atoms with Crippen LogP contribution in [0.15, 0.2) is 36.5 Å². The van der Waals surface area contributed by atoms with Crippen LogP contribution in [-0.2, 0) is 19.1 Å². The van der Waals surface area contributed by atoms with Gasteiger partial charge in [0, 0.05) is 18.9 Å². The molecule has 3 nitrogen and oxygen atoms in total. The van der Waals surface area contributed by atoms with E-state index < -0.39 is 5.60 Å². The Hall–Kier alpha value is -1.61. The number of rotatable bonds is 4. The van der Waals surface area contributed by atoms with Gasteiger partial charge in [-0.25, -0.2) is 0 Å². The van der Waals surface area contributed by atoms with Crippen LogP contribution in [0.5, 0.6) is 0 Å². The van der Waals surface area contributed by atoms with Gasteiger partial charge in [0.2, 0.25) is 0 Å². The smallest absolute Gasteiger partial charge is 0.0874 e. The van der Waals surface area contributed by atoms with E-state index in [4.69, 9.17) is 0 Å². The van der Waals surface area contributed by atoms with Crippen molar-refractivity contribution in [3.63, 3.8) is 0 Å². The third kappa shape index (κ3) is 2.62. The van der Waals surface area contributed by atoms with E-state index in [1.807, 2.05) is 55.9 Å². The minimum absolute atomic E-state index is 0.692. The van der Waals surface area contributed by atoms with Gasteiger partial charge in [0.25, 0.3) is 0 Å². The zero-order chi connectivity index (χ0) is 13.2. The molecule has 0 saturated heterocycles. The Bertz CT molecular complexity index is 529. The van der Waals surface area contributed by atoms with Crippen molar-refractivity contribution in [1.82, 2.24) is 9.78 Å². The molecule has 2 aromatic rings. The van der Waals surface area contributed by atoms with Crippen molar-refractivity contribution in [3.8, 4) is 0 Å². The highest BCUT2D eigenvalue weighted by molar-refractivity contribution is 5.30. The van der Waals surface area contributed by atoms with Gasteiger partial charge in [-0.1, -0.05) is 24.3 Å². The number of aliphatic hydroxyl groups is 1. The minimum atomic E-state index is -0.796. The normalized spacial score (nSPS) is 14.4. The van der Waals surface area contributed by atoms with Crippen molar-refractivity contribution in [2.75, 3.05) is 0 Å². The summed E-state index contributed by atoms with van der Waals surface area (Å²) in [4.78, 5) is 0. The van der Waals surface area contributed by atoms with E-state index in [2.05, 4.69) is 5.10 Å². The number of hydrogen-bond donors (Lipinski definition) is 1. The van der Waals surface area contributed by atoms with Crippen molar-refractivity contribution in [3.05, 3.63) is 53.3 Å². The first kappa shape index (κ1) is 12.8. The molecule has 18 heavy (non-hydrogen) atoms. The lowest BCUT2D eigenvalue weighted by atomic mass is 9.87. The fourth-order valence-corrected chi connectivity index (χ4v) is 2.33. The van der Waals surface area contributed by atoms with Crippen LogP contribution in [0.3, 0.4) is 0 Å². The maximum absolute atomic E-state index is 10.6. The van der Waals surface area contributed by atoms with Crippen molar-refractivity contribution >= 4 is 0 Å². The zero-order valence-electron chi connectivity index (χ0n) is 11.2. The highest BCUT2D eigenvalue weighted by atomic mass is 16.3. The molecule has 0 spiro atoms. The highest BCUT2D eigenvalue weighted by Gasteiger charge is 2.24. The van der Waals surface area contributed by atoms with Crippen LogP contribution in [0.25, 0.3) is 0 Å². The quantitative estimate of drug-likeness (QED) is 0.897. The Labute approximate surface area is 108 Å². The highest BCUT2D eigenvalue weighted by Crippen LogP contribution is 2.28. The molecule has 1 unspecified atom stereocenters. The summed E-state index contributed by atoms with van der Waals surface area (Å²) >= 11 is 0. The standard InChI is InChI=1S/C15H20N2O/c1-12-6-4-5-7-14(12)15(2,18)10-8-13-9-11-16-17(13)3/h4-7,9,11,18H,8,10H2,1-3H3. The van der Waals surface area contributed by atoms with Gasteiger partial charge in [-0.3, -0.25) is 4.68 Å². The number of benzene rings is 1. The van der Waals surface area contributed by atoms with Gasteiger partial charge in [0.05, 0.1) is 5.60 Å². The summed E-state index contributed by atoms with van der Waals surface area (Å²) in [6.07, 6.45) is 3.30. The zero-order valence-corrected chi connectivity index (χ0v) is 11.2. The Kier molecular flexibility index (Phi) is 3.53. The van der Waals surface area contributed by atoms with Crippen molar-refractivity contribution < 1.29 is 5.11 Å². The Morgan fingerprint density at radius 2 is 2.00 bits per heavy atom. The predicted molar refractivity (Wildman–Crippen MR) is 72.3 cm³/mol. The molecule has 1 N–H and O–H groups in total. The maximum atomic E-state index is 10.6. The third-order valence-corrected chi connectivity index (χ3v) is 3.52. The molecule has 0 fully saturated rings. The molecule has 0 amide bonds. The van der Waals surface area contributed by atoms with E-state index in [0.717, 1.165) is 23.2 Å². The summed E-state index contributed by atoms with van der Waals surface area (Å²) < 4.78 is 1.86. The van der Waals surface area contributed by atoms with E-state index in [0.29, 0.717) is 6.42 Å². The lowest BCUT2D eigenvalue weighted by Crippen LogP contribution is -2.23. The van der Waals surface area contributed by atoms with Crippen LogP contribution in [0, 0.1) is 6.92 Å². The lowest BCUT2D eigenvalue weighted by molar-refractivity contribution is 0.0469. The summed E-state index contributed by atoms with van der Waals surface area (Å²) in [5.41, 5.74) is 2.49. The second-order valence-electron chi connectivity index (χ2n) is 5.03. The molecule has 0 radical (unpaired) electrons. The number of aromatic nitrogens is 2. The van der Waals surface area contributed by atoms with Crippen LogP contribution in [-0.4, -0.2) is 14.9 Å². The minimum Gasteiger partial charge on any atom is -0.385 e. The van der Waals surface area contributed by atoms with Gasteiger partial charge in [0.15, 0.2) is 0 Å². The first-order valence-corrected chi connectivity index (χ1v) is 6.26. The first-order valence-electron chi connectivity index (χ1n) is 6.26. The molecule has 1 aromatic heterocycles. The average Bonchev–Trinajstić information content (AvgIpc) is 2.73. The number of nitrogens with zero attached hydrogens (tertiary/aromatic N) is 2. The van der Waals surface area contributed by atoms with E-state index >= 15 is 0 Å². The molecule has 0 aliphatic heterocycles. The molecular formula is C15H20N2O. The van der Waals surface area contributed by atoms with Gasteiger partial charge in [-0.05, 0) is 43.9 Å². The monoisotopic (exact) mass is 244 g/mol. The van der Waals surface area contributed by atoms with Crippen LogP contribution >= 0.6 is 0 Å². The molecule has 3 heteroatoms. The van der Waals surface area contributed by atoms with Crippen LogP contribution < -0.4 is 0 Å². The van der Waals surface area contributed by atoms with Crippen LogP contribution in [0.2, 0.25) is 0 Å². The average molecular weight is 244 g/mol. The van der Waals surface area contributed by atoms with Crippen LogP contribution in [0.1, 0.15) is 30.2 Å². The molecule has 0 bridgehead atoms. The largest absolute Gasteiger partial charge is 0.385 e. The molecule has 1 heterocycles.